The Balaban J connectivity index is 1.08. The van der Waals surface area contributed by atoms with Crippen LogP contribution in [0, 0.1) is 0 Å². The summed E-state index contributed by atoms with van der Waals surface area (Å²) in [6.45, 7) is 7.83. The quantitative estimate of drug-likeness (QED) is 0.0605. The highest BCUT2D eigenvalue weighted by atomic mass is 16.1. The van der Waals surface area contributed by atoms with Gasteiger partial charge in [0.25, 0.3) is 0 Å². The summed E-state index contributed by atoms with van der Waals surface area (Å²) < 4.78 is 4.68. The van der Waals surface area contributed by atoms with E-state index in [-0.39, 0.29) is 11.6 Å². The van der Waals surface area contributed by atoms with Gasteiger partial charge in [-0.15, -0.1) is 0 Å². The van der Waals surface area contributed by atoms with Crippen LogP contribution in [0.2, 0.25) is 0 Å². The number of Topliss-reactive ketones (excluding diaryl/α,β-unsaturated/α-hetero) is 2. The van der Waals surface area contributed by atoms with Crippen LogP contribution < -0.4 is 0 Å². The van der Waals surface area contributed by atoms with Crippen molar-refractivity contribution in [2.75, 3.05) is 0 Å². The fraction of sp³-hybridized carbons (Fsp3) is 0.321. The summed E-state index contributed by atoms with van der Waals surface area (Å²) >= 11 is 0. The molecule has 0 saturated heterocycles. The van der Waals surface area contributed by atoms with Gasteiger partial charge in [0, 0.05) is 44.0 Å². The number of hydrogen-bond acceptors (Lipinski definition) is 2. The van der Waals surface area contributed by atoms with E-state index in [1.54, 1.807) is 13.8 Å². The third kappa shape index (κ3) is 8.61. The summed E-state index contributed by atoms with van der Waals surface area (Å²) in [5, 5.41) is 4.65. The number of aromatic nitrogens is 2. The van der Waals surface area contributed by atoms with E-state index in [1.807, 2.05) is 12.1 Å². The number of unbranched alkanes of at least 4 members (excludes halogenated alkanes) is 10. The molecule has 8 aromatic rings. The molecule has 4 heteroatoms. The van der Waals surface area contributed by atoms with Crippen LogP contribution >= 0.6 is 0 Å². The van der Waals surface area contributed by atoms with Crippen molar-refractivity contribution in [2.45, 2.75) is 118 Å². The van der Waals surface area contributed by atoms with Gasteiger partial charge < -0.3 is 9.13 Å². The van der Waals surface area contributed by atoms with Gasteiger partial charge >= 0.3 is 0 Å². The van der Waals surface area contributed by atoms with Crippen molar-refractivity contribution in [3.8, 4) is 22.5 Å². The highest BCUT2D eigenvalue weighted by molar-refractivity contribution is 6.13. The molecule has 8 rings (SSSR count). The summed E-state index contributed by atoms with van der Waals surface area (Å²) in [4.78, 5) is 25.0. The van der Waals surface area contributed by atoms with Crippen LogP contribution in [0.4, 0.5) is 0 Å². The topological polar surface area (TPSA) is 44.0 Å². The second-order valence-electron chi connectivity index (χ2n) is 17.1. The molecule has 0 unspecified atom stereocenters. The fourth-order valence-electron chi connectivity index (χ4n) is 9.27. The molecule has 0 fully saturated rings. The van der Waals surface area contributed by atoms with Gasteiger partial charge in [-0.3, -0.25) is 9.59 Å². The Bertz CT molecular complexity index is 2590. The van der Waals surface area contributed by atoms with Gasteiger partial charge in [0.2, 0.25) is 0 Å². The van der Waals surface area contributed by atoms with E-state index in [4.69, 9.17) is 0 Å². The normalized spacial score (nSPS) is 11.7. The van der Waals surface area contributed by atoms with Crippen molar-refractivity contribution < 1.29 is 9.59 Å². The zero-order valence-electron chi connectivity index (χ0n) is 36.2. The van der Waals surface area contributed by atoms with Crippen LogP contribution in [-0.4, -0.2) is 20.7 Å². The van der Waals surface area contributed by atoms with Crippen molar-refractivity contribution >= 4 is 55.2 Å². The SMILES string of the molecule is CCCCCCCCc1ccc2c(c1)c1cc(C(C)=O)ccc1n2-c1ccc(-c2ccc(-n3c4ccc(CCCCCCCC)cc4c4cc(C(C)=O)ccc43)cc2)cc1. The number of rotatable bonds is 19. The van der Waals surface area contributed by atoms with E-state index < -0.39 is 0 Å². The smallest absolute Gasteiger partial charge is 0.159 e. The highest BCUT2D eigenvalue weighted by Crippen LogP contribution is 2.37. The Kier molecular flexibility index (Phi) is 12.8. The molecule has 0 N–H and O–H groups in total. The Morgan fingerprint density at radius 3 is 1.08 bits per heavy atom. The lowest BCUT2D eigenvalue weighted by Crippen LogP contribution is -1.96. The van der Waals surface area contributed by atoms with Crippen molar-refractivity contribution in [1.82, 2.24) is 9.13 Å². The van der Waals surface area contributed by atoms with Crippen LogP contribution in [0.15, 0.2) is 121 Å². The molecule has 0 amide bonds. The van der Waals surface area contributed by atoms with E-state index in [1.165, 1.54) is 98.9 Å². The lowest BCUT2D eigenvalue weighted by Gasteiger charge is -2.12. The summed E-state index contributed by atoms with van der Waals surface area (Å²) in [7, 11) is 0. The van der Waals surface area contributed by atoms with Gasteiger partial charge in [-0.1, -0.05) is 114 Å². The molecule has 6 aromatic carbocycles. The molecule has 0 bridgehead atoms. The van der Waals surface area contributed by atoms with Crippen molar-refractivity contribution in [1.29, 1.82) is 0 Å². The number of nitrogens with zero attached hydrogens (tertiary/aromatic N) is 2. The number of aryl methyl sites for hydroxylation is 2. The molecule has 0 aliphatic heterocycles. The van der Waals surface area contributed by atoms with Gasteiger partial charge in [-0.2, -0.15) is 0 Å². The summed E-state index contributed by atoms with van der Waals surface area (Å²) in [5.41, 5.74) is 13.3. The molecular weight excluding hydrogens is 733 g/mol. The molecule has 2 heterocycles. The van der Waals surface area contributed by atoms with Crippen LogP contribution in [0.1, 0.15) is 137 Å². The molecule has 0 spiro atoms. The number of hydrogen-bond donors (Lipinski definition) is 0. The average Bonchev–Trinajstić information content (AvgIpc) is 3.77. The lowest BCUT2D eigenvalue weighted by atomic mass is 10.0. The van der Waals surface area contributed by atoms with Gasteiger partial charge in [0.05, 0.1) is 22.1 Å². The Morgan fingerprint density at radius 2 is 0.717 bits per heavy atom. The van der Waals surface area contributed by atoms with Gasteiger partial charge in [0.1, 0.15) is 0 Å². The first-order chi connectivity index (χ1) is 29.3. The molecule has 2 aromatic heterocycles. The lowest BCUT2D eigenvalue weighted by molar-refractivity contribution is 0.100. The zero-order chi connectivity index (χ0) is 41.6. The number of fused-ring (bicyclic) bond motifs is 6. The maximum Gasteiger partial charge on any atom is 0.159 e. The third-order valence-corrected chi connectivity index (χ3v) is 12.7. The third-order valence-electron chi connectivity index (χ3n) is 12.7. The number of carbonyl (C=O) groups excluding carboxylic acids is 2. The second-order valence-corrected chi connectivity index (χ2v) is 17.1. The molecule has 0 radical (unpaired) electrons. The fourth-order valence-corrected chi connectivity index (χ4v) is 9.27. The van der Waals surface area contributed by atoms with E-state index >= 15 is 0 Å². The van der Waals surface area contributed by atoms with E-state index in [0.717, 1.165) is 79.3 Å². The zero-order valence-corrected chi connectivity index (χ0v) is 36.2. The molecule has 0 atom stereocenters. The number of carbonyl (C=O) groups is 2. The Labute approximate surface area is 356 Å². The monoisotopic (exact) mass is 792 g/mol. The van der Waals surface area contributed by atoms with Crippen LogP contribution in [0.3, 0.4) is 0 Å². The Hall–Kier alpha value is -5.74. The maximum atomic E-state index is 12.5. The molecular formula is C56H60N2O2. The van der Waals surface area contributed by atoms with Crippen LogP contribution in [0.25, 0.3) is 66.1 Å². The second kappa shape index (κ2) is 18.7. The average molecular weight is 793 g/mol. The van der Waals surface area contributed by atoms with Gasteiger partial charge in [-0.25, -0.2) is 0 Å². The standard InChI is InChI=1S/C56H60N2O2/c1-5-7-9-11-13-15-17-41-19-31-53-49(35-41)51-37-45(39(3)59)25-33-55(51)57(53)47-27-21-43(22-28-47)44-23-29-48(30-24-44)58-54-32-20-42(18-16-14-12-10-8-6-2)36-50(54)52-38-46(40(4)60)26-34-56(52)58/h19-38H,5-18H2,1-4H3. The van der Waals surface area contributed by atoms with Gasteiger partial charge in [-0.05, 0) is 147 Å². The largest absolute Gasteiger partial charge is 0.309 e. The molecule has 0 saturated carbocycles. The first-order valence-corrected chi connectivity index (χ1v) is 22.7. The number of ketones is 2. The van der Waals surface area contributed by atoms with E-state index in [0.29, 0.717) is 0 Å². The first kappa shape index (κ1) is 41.0. The highest BCUT2D eigenvalue weighted by Gasteiger charge is 2.17. The molecule has 60 heavy (non-hydrogen) atoms. The van der Waals surface area contributed by atoms with Gasteiger partial charge in [0.15, 0.2) is 11.6 Å². The molecule has 0 aliphatic rings. The van der Waals surface area contributed by atoms with Crippen molar-refractivity contribution in [3.63, 3.8) is 0 Å². The maximum absolute atomic E-state index is 12.5. The van der Waals surface area contributed by atoms with Crippen molar-refractivity contribution in [3.05, 3.63) is 144 Å². The predicted octanol–water partition coefficient (Wildman–Crippen LogP) is 15.8. The molecule has 306 valence electrons. The molecule has 0 aliphatic carbocycles. The number of benzene rings is 6. The summed E-state index contributed by atoms with van der Waals surface area (Å²) in [6, 6.07) is 43.9. The van der Waals surface area contributed by atoms with Crippen LogP contribution in [0.5, 0.6) is 0 Å². The minimum absolute atomic E-state index is 0.0876. The summed E-state index contributed by atoms with van der Waals surface area (Å²) in [5.74, 6) is 0.175. The summed E-state index contributed by atoms with van der Waals surface area (Å²) in [6.07, 6.45) is 17.6. The van der Waals surface area contributed by atoms with Crippen molar-refractivity contribution in [2.24, 2.45) is 0 Å². The van der Waals surface area contributed by atoms with Crippen LogP contribution in [-0.2, 0) is 12.8 Å². The molecule has 4 nitrogen and oxygen atoms in total. The minimum Gasteiger partial charge on any atom is -0.309 e. The first-order valence-electron chi connectivity index (χ1n) is 22.7. The minimum atomic E-state index is 0.0876. The Morgan fingerprint density at radius 1 is 0.383 bits per heavy atom. The van der Waals surface area contributed by atoms with E-state index in [9.17, 15) is 9.59 Å². The van der Waals surface area contributed by atoms with E-state index in [2.05, 4.69) is 132 Å². The predicted molar refractivity (Wildman–Crippen MR) is 255 cm³/mol.